The van der Waals surface area contributed by atoms with Crippen LogP contribution >= 0.6 is 0 Å². The highest BCUT2D eigenvalue weighted by molar-refractivity contribution is 5.68. The van der Waals surface area contributed by atoms with Gasteiger partial charge in [0.15, 0.2) is 0 Å². The van der Waals surface area contributed by atoms with Gasteiger partial charge in [-0.3, -0.25) is 0 Å². The van der Waals surface area contributed by atoms with Crippen LogP contribution in [0, 0.1) is 5.92 Å². The van der Waals surface area contributed by atoms with Crippen LogP contribution in [0.2, 0.25) is 0 Å². The normalized spacial score (nSPS) is 21.9. The number of aliphatic hydroxyl groups excluding tert-OH is 1. The van der Waals surface area contributed by atoms with Crippen LogP contribution in [0.25, 0.3) is 0 Å². The lowest BCUT2D eigenvalue weighted by Gasteiger charge is -2.36. The molecule has 1 fully saturated rings. The smallest absolute Gasteiger partial charge is 0.410 e. The SMILES string of the molecule is CC(C)C(CO)NC1CCCN(C(=O)OC(C)(C)C)C1. The molecule has 2 unspecified atom stereocenters. The predicted octanol–water partition coefficient (Wildman–Crippen LogP) is 1.99. The molecule has 20 heavy (non-hydrogen) atoms. The molecule has 1 amide bonds. The minimum absolute atomic E-state index is 0.0820. The zero-order valence-electron chi connectivity index (χ0n) is 13.5. The van der Waals surface area contributed by atoms with Gasteiger partial charge in [-0.15, -0.1) is 0 Å². The van der Waals surface area contributed by atoms with E-state index in [0.29, 0.717) is 12.5 Å². The van der Waals surface area contributed by atoms with Crippen LogP contribution in [0.15, 0.2) is 0 Å². The van der Waals surface area contributed by atoms with E-state index in [2.05, 4.69) is 19.2 Å². The fourth-order valence-corrected chi connectivity index (χ4v) is 2.36. The Kier molecular flexibility index (Phi) is 6.27. The molecule has 0 aliphatic carbocycles. The minimum atomic E-state index is -0.455. The third-order valence-electron chi connectivity index (χ3n) is 3.52. The molecule has 118 valence electrons. The van der Waals surface area contributed by atoms with Gasteiger partial charge < -0.3 is 20.1 Å². The van der Waals surface area contributed by atoms with Crippen LogP contribution in [0.4, 0.5) is 4.79 Å². The van der Waals surface area contributed by atoms with Gasteiger partial charge in [-0.25, -0.2) is 4.79 Å². The number of carbonyl (C=O) groups excluding carboxylic acids is 1. The van der Waals surface area contributed by atoms with Crippen LogP contribution < -0.4 is 5.32 Å². The van der Waals surface area contributed by atoms with Crippen LogP contribution in [0.1, 0.15) is 47.5 Å². The number of hydrogen-bond acceptors (Lipinski definition) is 4. The number of likely N-dealkylation sites (tertiary alicyclic amines) is 1. The number of piperidine rings is 1. The molecule has 2 atom stereocenters. The largest absolute Gasteiger partial charge is 0.444 e. The Bertz CT molecular complexity index is 313. The van der Waals surface area contributed by atoms with Crippen molar-refractivity contribution in [1.29, 1.82) is 0 Å². The Labute approximate surface area is 122 Å². The number of carbonyl (C=O) groups is 1. The molecule has 0 aromatic rings. The van der Waals surface area contributed by atoms with Crippen LogP contribution in [0.5, 0.6) is 0 Å². The van der Waals surface area contributed by atoms with Crippen LogP contribution in [-0.2, 0) is 4.74 Å². The van der Waals surface area contributed by atoms with Crippen molar-refractivity contribution in [2.24, 2.45) is 5.92 Å². The maximum absolute atomic E-state index is 12.1. The number of ether oxygens (including phenoxy) is 1. The van der Waals surface area contributed by atoms with Gasteiger partial charge in [-0.05, 0) is 39.5 Å². The molecule has 0 saturated carbocycles. The van der Waals surface area contributed by atoms with Crippen molar-refractivity contribution in [3.63, 3.8) is 0 Å². The summed E-state index contributed by atoms with van der Waals surface area (Å²) in [6, 6.07) is 0.314. The summed E-state index contributed by atoms with van der Waals surface area (Å²) in [7, 11) is 0. The maximum atomic E-state index is 12.1. The number of amides is 1. The summed E-state index contributed by atoms with van der Waals surface area (Å²) in [6.45, 7) is 11.3. The van der Waals surface area contributed by atoms with Gasteiger partial charge in [0.2, 0.25) is 0 Å². The monoisotopic (exact) mass is 286 g/mol. The maximum Gasteiger partial charge on any atom is 0.410 e. The minimum Gasteiger partial charge on any atom is -0.444 e. The van der Waals surface area contributed by atoms with Crippen molar-refractivity contribution >= 4 is 6.09 Å². The molecule has 0 bridgehead atoms. The first-order valence-corrected chi connectivity index (χ1v) is 7.57. The average molecular weight is 286 g/mol. The molecule has 5 heteroatoms. The second-order valence-electron chi connectivity index (χ2n) is 6.97. The first kappa shape index (κ1) is 17.2. The first-order chi connectivity index (χ1) is 9.23. The zero-order valence-corrected chi connectivity index (χ0v) is 13.5. The van der Waals surface area contributed by atoms with Crippen molar-refractivity contribution in [1.82, 2.24) is 10.2 Å². The third kappa shape index (κ3) is 5.67. The predicted molar refractivity (Wildman–Crippen MR) is 79.7 cm³/mol. The Morgan fingerprint density at radius 1 is 1.45 bits per heavy atom. The van der Waals surface area contributed by atoms with Gasteiger partial charge in [0, 0.05) is 25.2 Å². The van der Waals surface area contributed by atoms with Crippen molar-refractivity contribution in [2.45, 2.75) is 65.1 Å². The van der Waals surface area contributed by atoms with E-state index in [1.165, 1.54) is 0 Å². The van der Waals surface area contributed by atoms with Crippen molar-refractivity contribution in [2.75, 3.05) is 19.7 Å². The zero-order chi connectivity index (χ0) is 15.3. The summed E-state index contributed by atoms with van der Waals surface area (Å²) in [4.78, 5) is 13.8. The van der Waals surface area contributed by atoms with Gasteiger partial charge >= 0.3 is 6.09 Å². The lowest BCUT2D eigenvalue weighted by molar-refractivity contribution is 0.0177. The van der Waals surface area contributed by atoms with Crippen molar-refractivity contribution in [3.8, 4) is 0 Å². The molecule has 1 saturated heterocycles. The Morgan fingerprint density at radius 2 is 2.10 bits per heavy atom. The molecular weight excluding hydrogens is 256 g/mol. The highest BCUT2D eigenvalue weighted by atomic mass is 16.6. The quantitative estimate of drug-likeness (QED) is 0.829. The average Bonchev–Trinajstić information content (AvgIpc) is 2.34. The molecule has 1 aliphatic heterocycles. The number of nitrogens with one attached hydrogen (secondary N) is 1. The molecule has 2 N–H and O–H groups in total. The van der Waals surface area contributed by atoms with E-state index in [-0.39, 0.29) is 24.8 Å². The highest BCUT2D eigenvalue weighted by Crippen LogP contribution is 2.16. The van der Waals surface area contributed by atoms with E-state index >= 15 is 0 Å². The van der Waals surface area contributed by atoms with E-state index in [0.717, 1.165) is 19.4 Å². The number of rotatable bonds is 4. The molecule has 1 aliphatic rings. The lowest BCUT2D eigenvalue weighted by atomic mass is 10.0. The molecular formula is C15H30N2O3. The van der Waals surface area contributed by atoms with Gasteiger partial charge in [0.25, 0.3) is 0 Å². The number of aliphatic hydroxyl groups is 1. The topological polar surface area (TPSA) is 61.8 Å². The molecule has 0 aromatic heterocycles. The van der Waals surface area contributed by atoms with Crippen LogP contribution in [-0.4, -0.2) is 53.5 Å². The lowest BCUT2D eigenvalue weighted by Crippen LogP contribution is -2.53. The Balaban J connectivity index is 2.52. The van der Waals surface area contributed by atoms with Gasteiger partial charge in [0.05, 0.1) is 6.61 Å². The Hall–Kier alpha value is -0.810. The summed E-state index contributed by atoms with van der Waals surface area (Å²) in [5.74, 6) is 0.372. The second-order valence-corrected chi connectivity index (χ2v) is 6.97. The standard InChI is InChI=1S/C15H30N2O3/c1-11(2)13(10-18)16-12-7-6-8-17(9-12)14(19)20-15(3,4)5/h11-13,16,18H,6-10H2,1-5H3. The second kappa shape index (κ2) is 7.27. The number of hydrogen-bond donors (Lipinski definition) is 2. The first-order valence-electron chi connectivity index (χ1n) is 7.57. The summed E-state index contributed by atoms with van der Waals surface area (Å²) in [5, 5.41) is 12.8. The van der Waals surface area contributed by atoms with E-state index in [9.17, 15) is 9.90 Å². The molecule has 0 aromatic carbocycles. The van der Waals surface area contributed by atoms with E-state index in [1.807, 2.05) is 20.8 Å². The van der Waals surface area contributed by atoms with Crippen molar-refractivity contribution in [3.05, 3.63) is 0 Å². The van der Waals surface area contributed by atoms with Crippen molar-refractivity contribution < 1.29 is 14.6 Å². The summed E-state index contributed by atoms with van der Waals surface area (Å²) >= 11 is 0. The number of nitrogens with zero attached hydrogens (tertiary/aromatic N) is 1. The molecule has 0 spiro atoms. The molecule has 0 radical (unpaired) electrons. The third-order valence-corrected chi connectivity index (χ3v) is 3.52. The van der Waals surface area contributed by atoms with Gasteiger partial charge in [-0.2, -0.15) is 0 Å². The Morgan fingerprint density at radius 3 is 2.60 bits per heavy atom. The molecule has 1 heterocycles. The van der Waals surface area contributed by atoms with E-state index in [4.69, 9.17) is 4.74 Å². The summed E-state index contributed by atoms with van der Waals surface area (Å²) < 4.78 is 5.41. The molecule has 5 nitrogen and oxygen atoms in total. The summed E-state index contributed by atoms with van der Waals surface area (Å²) in [5.41, 5.74) is -0.455. The van der Waals surface area contributed by atoms with E-state index < -0.39 is 5.60 Å². The fraction of sp³-hybridized carbons (Fsp3) is 0.933. The van der Waals surface area contributed by atoms with Crippen LogP contribution in [0.3, 0.4) is 0 Å². The summed E-state index contributed by atoms with van der Waals surface area (Å²) in [6.07, 6.45) is 1.75. The van der Waals surface area contributed by atoms with Gasteiger partial charge in [0.1, 0.15) is 5.60 Å². The fourth-order valence-electron chi connectivity index (χ4n) is 2.36. The molecule has 1 rings (SSSR count). The highest BCUT2D eigenvalue weighted by Gasteiger charge is 2.28. The van der Waals surface area contributed by atoms with Gasteiger partial charge in [-0.1, -0.05) is 13.8 Å². The van der Waals surface area contributed by atoms with E-state index in [1.54, 1.807) is 4.90 Å².